The summed E-state index contributed by atoms with van der Waals surface area (Å²) in [5, 5.41) is 8.77. The maximum atomic E-state index is 10.2. The summed E-state index contributed by atoms with van der Waals surface area (Å²) < 4.78 is 0. The normalized spacial score (nSPS) is 9.23. The second-order valence-corrected chi connectivity index (χ2v) is 3.10. The Labute approximate surface area is 82.6 Å². The topological polar surface area (TPSA) is 40.9 Å². The molecule has 0 radical (unpaired) electrons. The lowest BCUT2D eigenvalue weighted by atomic mass is 10.0. The average molecular weight is 191 g/mol. The van der Waals surface area contributed by atoms with Crippen LogP contribution in [0.2, 0.25) is 0 Å². The number of benzene rings is 1. The van der Waals surface area contributed by atoms with E-state index in [1.807, 2.05) is 6.07 Å². The fourth-order valence-electron chi connectivity index (χ4n) is 1.15. The molecule has 2 nitrogen and oxygen atoms in total. The van der Waals surface area contributed by atoms with Crippen LogP contribution in [0.1, 0.15) is 17.5 Å². The molecule has 1 aromatic rings. The van der Waals surface area contributed by atoms with Gasteiger partial charge in [-0.3, -0.25) is 0 Å². The SMILES string of the molecule is N#Cc1cccc(S)c1CCC=O. The van der Waals surface area contributed by atoms with Crippen LogP contribution >= 0.6 is 12.6 Å². The summed E-state index contributed by atoms with van der Waals surface area (Å²) in [5.41, 5.74) is 1.47. The van der Waals surface area contributed by atoms with E-state index in [0.717, 1.165) is 16.7 Å². The molecule has 0 saturated carbocycles. The van der Waals surface area contributed by atoms with E-state index in [9.17, 15) is 4.79 Å². The first-order chi connectivity index (χ1) is 6.29. The van der Waals surface area contributed by atoms with Crippen LogP contribution in [0.5, 0.6) is 0 Å². The Hall–Kier alpha value is -1.27. The molecule has 0 aliphatic carbocycles. The van der Waals surface area contributed by atoms with Crippen LogP contribution in [0.15, 0.2) is 23.1 Å². The van der Waals surface area contributed by atoms with E-state index >= 15 is 0 Å². The molecule has 3 heteroatoms. The van der Waals surface area contributed by atoms with Gasteiger partial charge in [-0.15, -0.1) is 12.6 Å². The van der Waals surface area contributed by atoms with Gasteiger partial charge in [0.05, 0.1) is 11.6 Å². The Kier molecular flexibility index (Phi) is 3.53. The van der Waals surface area contributed by atoms with E-state index in [1.165, 1.54) is 0 Å². The van der Waals surface area contributed by atoms with Crippen LogP contribution in [0.25, 0.3) is 0 Å². The number of nitriles is 1. The molecule has 1 aromatic carbocycles. The summed E-state index contributed by atoms with van der Waals surface area (Å²) in [6, 6.07) is 7.42. The van der Waals surface area contributed by atoms with Crippen LogP contribution in [0.3, 0.4) is 0 Å². The van der Waals surface area contributed by atoms with Crippen LogP contribution < -0.4 is 0 Å². The van der Waals surface area contributed by atoms with Crippen molar-refractivity contribution in [3.05, 3.63) is 29.3 Å². The lowest BCUT2D eigenvalue weighted by Crippen LogP contribution is -1.92. The molecule has 66 valence electrons. The van der Waals surface area contributed by atoms with Crippen molar-refractivity contribution in [2.45, 2.75) is 17.7 Å². The molecule has 0 N–H and O–H groups in total. The molecule has 0 fully saturated rings. The zero-order valence-corrected chi connectivity index (χ0v) is 7.92. The quantitative estimate of drug-likeness (QED) is 0.586. The highest BCUT2D eigenvalue weighted by molar-refractivity contribution is 7.80. The van der Waals surface area contributed by atoms with Gasteiger partial charge in [-0.25, -0.2) is 0 Å². The molecule has 0 amide bonds. The summed E-state index contributed by atoms with van der Waals surface area (Å²) in [6.45, 7) is 0. The molecule has 0 heterocycles. The minimum absolute atomic E-state index is 0.437. The Morgan fingerprint density at radius 1 is 1.54 bits per heavy atom. The molecule has 0 saturated heterocycles. The van der Waals surface area contributed by atoms with Gasteiger partial charge in [0.15, 0.2) is 0 Å². The highest BCUT2D eigenvalue weighted by Crippen LogP contribution is 2.18. The summed E-state index contributed by atoms with van der Waals surface area (Å²) in [4.78, 5) is 11.0. The van der Waals surface area contributed by atoms with Crippen molar-refractivity contribution >= 4 is 18.9 Å². The highest BCUT2D eigenvalue weighted by atomic mass is 32.1. The summed E-state index contributed by atoms with van der Waals surface area (Å²) in [7, 11) is 0. The maximum Gasteiger partial charge on any atom is 0.120 e. The van der Waals surface area contributed by atoms with Gasteiger partial charge in [-0.1, -0.05) is 6.07 Å². The molecule has 1 rings (SSSR count). The van der Waals surface area contributed by atoms with E-state index < -0.39 is 0 Å². The van der Waals surface area contributed by atoms with Crippen molar-refractivity contribution < 1.29 is 4.79 Å². The molecule has 0 aromatic heterocycles. The predicted molar refractivity (Wildman–Crippen MR) is 52.8 cm³/mol. The first kappa shape index (κ1) is 9.82. The average Bonchev–Trinajstić information content (AvgIpc) is 2.15. The smallest absolute Gasteiger partial charge is 0.120 e. The minimum Gasteiger partial charge on any atom is -0.303 e. The monoisotopic (exact) mass is 191 g/mol. The third-order valence-corrected chi connectivity index (χ3v) is 2.20. The molecule has 0 spiro atoms. The number of carbonyl (C=O) groups is 1. The van der Waals surface area contributed by atoms with E-state index in [2.05, 4.69) is 18.7 Å². The number of aldehydes is 1. The zero-order valence-electron chi connectivity index (χ0n) is 7.03. The Balaban J connectivity index is 3.02. The number of carbonyl (C=O) groups excluding carboxylic acids is 1. The molecule has 0 aliphatic rings. The van der Waals surface area contributed by atoms with Crippen LogP contribution in [0.4, 0.5) is 0 Å². The summed E-state index contributed by atoms with van der Waals surface area (Å²) in [5.74, 6) is 0. The zero-order chi connectivity index (χ0) is 9.68. The number of nitrogens with zero attached hydrogens (tertiary/aromatic N) is 1. The Bertz CT molecular complexity index is 354. The van der Waals surface area contributed by atoms with Crippen molar-refractivity contribution in [3.8, 4) is 6.07 Å². The largest absolute Gasteiger partial charge is 0.303 e. The molecule has 0 unspecified atom stereocenters. The third-order valence-electron chi connectivity index (χ3n) is 1.78. The molecule has 0 atom stereocenters. The fourth-order valence-corrected chi connectivity index (χ4v) is 1.46. The number of thiol groups is 1. The number of rotatable bonds is 3. The van der Waals surface area contributed by atoms with Gasteiger partial charge >= 0.3 is 0 Å². The van der Waals surface area contributed by atoms with Crippen molar-refractivity contribution in [2.24, 2.45) is 0 Å². The van der Waals surface area contributed by atoms with Crippen LogP contribution in [0, 0.1) is 11.3 Å². The lowest BCUT2D eigenvalue weighted by Gasteiger charge is -2.03. The number of hydrogen-bond donors (Lipinski definition) is 1. The van der Waals surface area contributed by atoms with E-state index in [1.54, 1.807) is 12.1 Å². The van der Waals surface area contributed by atoms with Gasteiger partial charge in [0.1, 0.15) is 6.29 Å². The molecule has 13 heavy (non-hydrogen) atoms. The summed E-state index contributed by atoms with van der Waals surface area (Å²) >= 11 is 4.23. The van der Waals surface area contributed by atoms with Crippen molar-refractivity contribution in [2.75, 3.05) is 0 Å². The Morgan fingerprint density at radius 3 is 2.92 bits per heavy atom. The van der Waals surface area contributed by atoms with Crippen molar-refractivity contribution in [1.29, 1.82) is 5.26 Å². The Morgan fingerprint density at radius 2 is 2.31 bits per heavy atom. The molecule has 0 bridgehead atoms. The molecule has 0 aliphatic heterocycles. The van der Waals surface area contributed by atoms with E-state index in [4.69, 9.17) is 5.26 Å². The first-order valence-electron chi connectivity index (χ1n) is 3.94. The second-order valence-electron chi connectivity index (χ2n) is 2.62. The second kappa shape index (κ2) is 4.68. The molecular weight excluding hydrogens is 182 g/mol. The van der Waals surface area contributed by atoms with E-state index in [-0.39, 0.29) is 0 Å². The van der Waals surface area contributed by atoms with Gasteiger partial charge < -0.3 is 4.79 Å². The molecular formula is C10H9NOS. The van der Waals surface area contributed by atoms with Gasteiger partial charge in [0, 0.05) is 11.3 Å². The van der Waals surface area contributed by atoms with Crippen molar-refractivity contribution in [1.82, 2.24) is 0 Å². The van der Waals surface area contributed by atoms with Crippen molar-refractivity contribution in [3.63, 3.8) is 0 Å². The first-order valence-corrected chi connectivity index (χ1v) is 4.39. The highest BCUT2D eigenvalue weighted by Gasteiger charge is 2.04. The van der Waals surface area contributed by atoms with Gasteiger partial charge in [-0.2, -0.15) is 5.26 Å². The van der Waals surface area contributed by atoms with Gasteiger partial charge in [0.25, 0.3) is 0 Å². The van der Waals surface area contributed by atoms with Gasteiger partial charge in [0.2, 0.25) is 0 Å². The fraction of sp³-hybridized carbons (Fsp3) is 0.200. The lowest BCUT2D eigenvalue weighted by molar-refractivity contribution is -0.107. The van der Waals surface area contributed by atoms with Gasteiger partial charge in [-0.05, 0) is 24.1 Å². The van der Waals surface area contributed by atoms with Crippen LogP contribution in [-0.4, -0.2) is 6.29 Å². The van der Waals surface area contributed by atoms with Crippen LogP contribution in [-0.2, 0) is 11.2 Å². The number of hydrogen-bond acceptors (Lipinski definition) is 3. The third kappa shape index (κ3) is 2.33. The minimum atomic E-state index is 0.437. The predicted octanol–water partition coefficient (Wildman–Crippen LogP) is 1.98. The maximum absolute atomic E-state index is 10.2. The standard InChI is InChI=1S/C10H9NOS/c11-7-8-3-1-5-10(13)9(8)4-2-6-12/h1,3,5-6,13H,2,4H2. The summed E-state index contributed by atoms with van der Waals surface area (Å²) in [6.07, 6.45) is 1.87. The van der Waals surface area contributed by atoms with E-state index in [0.29, 0.717) is 18.4 Å².